The summed E-state index contributed by atoms with van der Waals surface area (Å²) in [6.45, 7) is 2.84. The summed E-state index contributed by atoms with van der Waals surface area (Å²) in [7, 11) is 0. The number of hydrogen-bond acceptors (Lipinski definition) is 2. The fourth-order valence-electron chi connectivity index (χ4n) is 2.35. The molecule has 1 amide bonds. The van der Waals surface area contributed by atoms with E-state index in [-0.39, 0.29) is 12.0 Å². The number of aliphatic hydroxyl groups is 1. The van der Waals surface area contributed by atoms with Crippen LogP contribution >= 0.6 is 0 Å². The molecule has 3 heteroatoms. The molecular weight excluding hydrogens is 262 g/mol. The van der Waals surface area contributed by atoms with Crippen molar-refractivity contribution in [3.63, 3.8) is 0 Å². The first-order valence-corrected chi connectivity index (χ1v) is 8.21. The maximum Gasteiger partial charge on any atom is 0.220 e. The van der Waals surface area contributed by atoms with Gasteiger partial charge < -0.3 is 10.4 Å². The molecule has 1 aromatic rings. The Bertz CT molecular complexity index is 378. The van der Waals surface area contributed by atoms with Crippen molar-refractivity contribution in [2.45, 2.75) is 64.4 Å². The van der Waals surface area contributed by atoms with Crippen LogP contribution < -0.4 is 5.32 Å². The van der Waals surface area contributed by atoms with Gasteiger partial charge in [-0.05, 0) is 31.2 Å². The lowest BCUT2D eigenvalue weighted by atomic mass is 10.1. The molecular formula is C18H29NO2. The molecule has 0 aromatic heterocycles. The lowest BCUT2D eigenvalue weighted by Gasteiger charge is -2.10. The van der Waals surface area contributed by atoms with Gasteiger partial charge in [-0.2, -0.15) is 0 Å². The van der Waals surface area contributed by atoms with Crippen molar-refractivity contribution in [1.82, 2.24) is 5.32 Å². The Balaban J connectivity index is 2.01. The highest BCUT2D eigenvalue weighted by Crippen LogP contribution is 2.09. The normalized spacial score (nSPS) is 12.1. The van der Waals surface area contributed by atoms with E-state index in [4.69, 9.17) is 0 Å². The molecule has 0 aliphatic heterocycles. The number of carbonyl (C=O) groups is 1. The highest BCUT2D eigenvalue weighted by molar-refractivity contribution is 5.75. The van der Waals surface area contributed by atoms with E-state index in [0.717, 1.165) is 32.1 Å². The van der Waals surface area contributed by atoms with Gasteiger partial charge in [0.1, 0.15) is 0 Å². The summed E-state index contributed by atoms with van der Waals surface area (Å²) < 4.78 is 0. The van der Waals surface area contributed by atoms with E-state index in [1.807, 2.05) is 18.2 Å². The first-order chi connectivity index (χ1) is 10.2. The molecule has 21 heavy (non-hydrogen) atoms. The molecule has 1 unspecified atom stereocenters. The van der Waals surface area contributed by atoms with Gasteiger partial charge >= 0.3 is 0 Å². The second-order valence-corrected chi connectivity index (χ2v) is 5.63. The van der Waals surface area contributed by atoms with Crippen LogP contribution in [0, 0.1) is 0 Å². The lowest BCUT2D eigenvalue weighted by Crippen LogP contribution is -2.25. The minimum Gasteiger partial charge on any atom is -0.393 e. The summed E-state index contributed by atoms with van der Waals surface area (Å²) in [5.41, 5.74) is 1.24. The molecule has 0 spiro atoms. The van der Waals surface area contributed by atoms with Crippen molar-refractivity contribution < 1.29 is 9.90 Å². The molecule has 0 radical (unpaired) electrons. The van der Waals surface area contributed by atoms with Crippen LogP contribution in [0.3, 0.4) is 0 Å². The average Bonchev–Trinajstić information content (AvgIpc) is 2.48. The molecule has 2 N–H and O–H groups in total. The van der Waals surface area contributed by atoms with Gasteiger partial charge in [-0.3, -0.25) is 4.79 Å². The van der Waals surface area contributed by atoms with E-state index in [1.165, 1.54) is 18.4 Å². The van der Waals surface area contributed by atoms with Crippen LogP contribution in [0.4, 0.5) is 0 Å². The van der Waals surface area contributed by atoms with Crippen LogP contribution in [-0.2, 0) is 11.2 Å². The predicted octanol–water partition coefficient (Wildman–Crippen LogP) is 3.46. The van der Waals surface area contributed by atoms with Crippen molar-refractivity contribution in [3.8, 4) is 0 Å². The molecule has 0 saturated heterocycles. The Labute approximate surface area is 128 Å². The summed E-state index contributed by atoms with van der Waals surface area (Å²) in [5, 5.41) is 12.7. The largest absolute Gasteiger partial charge is 0.393 e. The number of unbranched alkanes of at least 4 members (excludes halogenated alkanes) is 2. The fraction of sp³-hybridized carbons (Fsp3) is 0.611. The Morgan fingerprint density at radius 2 is 1.86 bits per heavy atom. The molecule has 1 aromatic carbocycles. The van der Waals surface area contributed by atoms with Crippen molar-refractivity contribution >= 4 is 5.91 Å². The molecule has 1 rings (SSSR count). The van der Waals surface area contributed by atoms with E-state index >= 15 is 0 Å². The molecule has 118 valence electrons. The third-order valence-electron chi connectivity index (χ3n) is 3.66. The SMILES string of the molecule is CCCCCC(O)CCCC(=O)NCCc1ccccc1. The minimum atomic E-state index is -0.242. The Kier molecular flexibility index (Phi) is 9.55. The maximum atomic E-state index is 11.7. The average molecular weight is 291 g/mol. The molecule has 3 nitrogen and oxygen atoms in total. The number of benzene rings is 1. The summed E-state index contributed by atoms with van der Waals surface area (Å²) >= 11 is 0. The third-order valence-corrected chi connectivity index (χ3v) is 3.66. The van der Waals surface area contributed by atoms with E-state index in [9.17, 15) is 9.90 Å². The predicted molar refractivity (Wildman–Crippen MR) is 87.2 cm³/mol. The molecule has 0 saturated carbocycles. The Morgan fingerprint density at radius 1 is 1.14 bits per heavy atom. The first-order valence-electron chi connectivity index (χ1n) is 8.21. The van der Waals surface area contributed by atoms with Gasteiger partial charge in [0.25, 0.3) is 0 Å². The number of nitrogens with one attached hydrogen (secondary N) is 1. The quantitative estimate of drug-likeness (QED) is 0.613. The molecule has 0 heterocycles. The molecule has 1 atom stereocenters. The van der Waals surface area contributed by atoms with Crippen LogP contribution in [0.2, 0.25) is 0 Å². The minimum absolute atomic E-state index is 0.0895. The van der Waals surface area contributed by atoms with Gasteiger partial charge in [-0.1, -0.05) is 56.5 Å². The number of carbonyl (C=O) groups excluding carboxylic acids is 1. The first kappa shape index (κ1) is 17.7. The summed E-state index contributed by atoms with van der Waals surface area (Å²) in [4.78, 5) is 11.7. The molecule has 0 bridgehead atoms. The highest BCUT2D eigenvalue weighted by Gasteiger charge is 2.06. The molecule has 0 fully saturated rings. The Morgan fingerprint density at radius 3 is 2.57 bits per heavy atom. The zero-order valence-electron chi connectivity index (χ0n) is 13.2. The van der Waals surface area contributed by atoms with Crippen LogP contribution in [0.15, 0.2) is 30.3 Å². The second-order valence-electron chi connectivity index (χ2n) is 5.63. The van der Waals surface area contributed by atoms with Crippen LogP contribution in [-0.4, -0.2) is 23.7 Å². The topological polar surface area (TPSA) is 49.3 Å². The van der Waals surface area contributed by atoms with Crippen molar-refractivity contribution in [1.29, 1.82) is 0 Å². The number of amides is 1. The number of aliphatic hydroxyl groups excluding tert-OH is 1. The zero-order chi connectivity index (χ0) is 15.3. The van der Waals surface area contributed by atoms with Gasteiger partial charge in [0.05, 0.1) is 6.10 Å². The molecule has 0 aliphatic rings. The zero-order valence-corrected chi connectivity index (χ0v) is 13.2. The summed E-state index contributed by atoms with van der Waals surface area (Å²) in [6, 6.07) is 10.2. The highest BCUT2D eigenvalue weighted by atomic mass is 16.3. The van der Waals surface area contributed by atoms with Crippen LogP contribution in [0.5, 0.6) is 0 Å². The summed E-state index contributed by atoms with van der Waals surface area (Å²) in [5.74, 6) is 0.0895. The maximum absolute atomic E-state index is 11.7. The van der Waals surface area contributed by atoms with Gasteiger partial charge in [0.2, 0.25) is 5.91 Å². The number of hydrogen-bond donors (Lipinski definition) is 2. The van der Waals surface area contributed by atoms with Gasteiger partial charge in [-0.25, -0.2) is 0 Å². The second kappa shape index (κ2) is 11.3. The third kappa shape index (κ3) is 9.24. The van der Waals surface area contributed by atoms with Gasteiger partial charge in [-0.15, -0.1) is 0 Å². The van der Waals surface area contributed by atoms with Crippen LogP contribution in [0.1, 0.15) is 57.4 Å². The van der Waals surface area contributed by atoms with E-state index in [1.54, 1.807) is 0 Å². The monoisotopic (exact) mass is 291 g/mol. The van der Waals surface area contributed by atoms with E-state index < -0.39 is 0 Å². The smallest absolute Gasteiger partial charge is 0.220 e. The van der Waals surface area contributed by atoms with E-state index in [0.29, 0.717) is 13.0 Å². The van der Waals surface area contributed by atoms with Crippen molar-refractivity contribution in [2.24, 2.45) is 0 Å². The number of rotatable bonds is 11. The fourth-order valence-corrected chi connectivity index (χ4v) is 2.35. The van der Waals surface area contributed by atoms with Gasteiger partial charge in [0.15, 0.2) is 0 Å². The Hall–Kier alpha value is -1.35. The van der Waals surface area contributed by atoms with Gasteiger partial charge in [0, 0.05) is 13.0 Å². The lowest BCUT2D eigenvalue weighted by molar-refractivity contribution is -0.121. The standard InChI is InChI=1S/C18H29NO2/c1-2-3-5-11-17(20)12-8-13-18(21)19-15-14-16-9-6-4-7-10-16/h4,6-7,9-10,17,20H,2-3,5,8,11-15H2,1H3,(H,19,21). The molecule has 0 aliphatic carbocycles. The van der Waals surface area contributed by atoms with E-state index in [2.05, 4.69) is 24.4 Å². The van der Waals surface area contributed by atoms with Crippen LogP contribution in [0.25, 0.3) is 0 Å². The van der Waals surface area contributed by atoms with Crippen molar-refractivity contribution in [2.75, 3.05) is 6.54 Å². The summed E-state index contributed by atoms with van der Waals surface area (Å²) in [6.07, 6.45) is 6.94. The van der Waals surface area contributed by atoms with Crippen molar-refractivity contribution in [3.05, 3.63) is 35.9 Å².